The smallest absolute Gasteiger partial charge is 0.184 e. The van der Waals surface area contributed by atoms with Crippen molar-refractivity contribution in [2.45, 2.75) is 6.92 Å². The highest BCUT2D eigenvalue weighted by Gasteiger charge is 2.15. The van der Waals surface area contributed by atoms with Gasteiger partial charge in [0.15, 0.2) is 11.5 Å². The number of anilines is 1. The lowest BCUT2D eigenvalue weighted by Crippen LogP contribution is -1.99. The average Bonchev–Trinajstić information content (AvgIpc) is 2.89. The summed E-state index contributed by atoms with van der Waals surface area (Å²) in [5.74, 6) is 1.50. The van der Waals surface area contributed by atoms with Crippen molar-refractivity contribution in [3.8, 4) is 17.1 Å². The van der Waals surface area contributed by atoms with Crippen molar-refractivity contribution < 1.29 is 4.74 Å². The van der Waals surface area contributed by atoms with E-state index in [0.717, 1.165) is 22.8 Å². The van der Waals surface area contributed by atoms with E-state index in [0.29, 0.717) is 11.3 Å². The number of aromatic nitrogens is 3. The molecule has 0 saturated carbocycles. The normalized spacial score (nSPS) is 10.8. The molecule has 0 spiro atoms. The standard InChI is InChI=1S/C14H14N4O/c1-9-7-8-11(15)14-17-16-13(18(9)14)10-5-3-4-6-12(10)19-2/h3-8H,15H2,1-2H3. The fourth-order valence-corrected chi connectivity index (χ4v) is 2.17. The number of aryl methyl sites for hydroxylation is 1. The molecule has 0 amide bonds. The lowest BCUT2D eigenvalue weighted by atomic mass is 10.2. The number of ether oxygens (including phenoxy) is 1. The Kier molecular flexibility index (Phi) is 2.59. The zero-order valence-electron chi connectivity index (χ0n) is 10.8. The lowest BCUT2D eigenvalue weighted by Gasteiger charge is -2.08. The average molecular weight is 254 g/mol. The highest BCUT2D eigenvalue weighted by atomic mass is 16.5. The molecule has 1 aromatic carbocycles. The van der Waals surface area contributed by atoms with Crippen LogP contribution in [0.1, 0.15) is 5.69 Å². The van der Waals surface area contributed by atoms with Crippen LogP contribution in [0.3, 0.4) is 0 Å². The van der Waals surface area contributed by atoms with Crippen LogP contribution >= 0.6 is 0 Å². The molecule has 0 aliphatic heterocycles. The van der Waals surface area contributed by atoms with Crippen LogP contribution in [0, 0.1) is 6.92 Å². The summed E-state index contributed by atoms with van der Waals surface area (Å²) in [6.07, 6.45) is 0. The van der Waals surface area contributed by atoms with Crippen molar-refractivity contribution in [3.05, 3.63) is 42.1 Å². The van der Waals surface area contributed by atoms with E-state index < -0.39 is 0 Å². The number of nitrogens with two attached hydrogens (primary N) is 1. The summed E-state index contributed by atoms with van der Waals surface area (Å²) >= 11 is 0. The summed E-state index contributed by atoms with van der Waals surface area (Å²) in [6, 6.07) is 11.5. The molecule has 0 saturated heterocycles. The molecule has 3 aromatic rings. The van der Waals surface area contributed by atoms with Gasteiger partial charge in [0.25, 0.3) is 0 Å². The van der Waals surface area contributed by atoms with Gasteiger partial charge < -0.3 is 10.5 Å². The minimum absolute atomic E-state index is 0.610. The van der Waals surface area contributed by atoms with E-state index in [1.165, 1.54) is 0 Å². The Labute approximate surface area is 110 Å². The second kappa shape index (κ2) is 4.28. The molecule has 0 fully saturated rings. The summed E-state index contributed by atoms with van der Waals surface area (Å²) in [6.45, 7) is 1.99. The van der Waals surface area contributed by atoms with Crippen molar-refractivity contribution in [2.24, 2.45) is 0 Å². The maximum atomic E-state index is 5.93. The van der Waals surface area contributed by atoms with Crippen LogP contribution < -0.4 is 10.5 Å². The number of hydrogen-bond acceptors (Lipinski definition) is 4. The second-order valence-corrected chi connectivity index (χ2v) is 4.31. The Hall–Kier alpha value is -2.56. The number of nitrogens with zero attached hydrogens (tertiary/aromatic N) is 3. The number of hydrogen-bond donors (Lipinski definition) is 1. The van der Waals surface area contributed by atoms with E-state index in [9.17, 15) is 0 Å². The third kappa shape index (κ3) is 1.71. The Bertz CT molecular complexity index is 748. The first-order valence-corrected chi connectivity index (χ1v) is 5.96. The van der Waals surface area contributed by atoms with Crippen LogP contribution in [0.25, 0.3) is 17.0 Å². The van der Waals surface area contributed by atoms with Crippen LogP contribution in [-0.2, 0) is 0 Å². The molecule has 96 valence electrons. The molecule has 0 bridgehead atoms. The molecule has 2 N–H and O–H groups in total. The minimum atomic E-state index is 0.610. The van der Waals surface area contributed by atoms with Crippen LogP contribution in [0.15, 0.2) is 36.4 Å². The Morgan fingerprint density at radius 3 is 2.68 bits per heavy atom. The SMILES string of the molecule is COc1ccccc1-c1nnc2c(N)ccc(C)n12. The third-order valence-corrected chi connectivity index (χ3v) is 3.13. The molecule has 0 radical (unpaired) electrons. The number of para-hydroxylation sites is 1. The van der Waals surface area contributed by atoms with Gasteiger partial charge in [-0.05, 0) is 31.2 Å². The molecule has 0 atom stereocenters. The summed E-state index contributed by atoms with van der Waals surface area (Å²) in [5, 5.41) is 8.41. The fraction of sp³-hybridized carbons (Fsp3) is 0.143. The molecule has 0 aliphatic rings. The number of methoxy groups -OCH3 is 1. The molecular formula is C14H14N4O. The predicted octanol–water partition coefficient (Wildman–Crippen LogP) is 2.30. The van der Waals surface area contributed by atoms with E-state index in [4.69, 9.17) is 10.5 Å². The molecule has 19 heavy (non-hydrogen) atoms. The molecule has 2 aromatic heterocycles. The van der Waals surface area contributed by atoms with Crippen molar-refractivity contribution in [1.29, 1.82) is 0 Å². The van der Waals surface area contributed by atoms with Crippen molar-refractivity contribution in [2.75, 3.05) is 12.8 Å². The Balaban J connectivity index is 2.35. The first-order valence-electron chi connectivity index (χ1n) is 5.96. The highest BCUT2D eigenvalue weighted by Crippen LogP contribution is 2.30. The first-order chi connectivity index (χ1) is 9.22. The second-order valence-electron chi connectivity index (χ2n) is 4.31. The topological polar surface area (TPSA) is 65.4 Å². The summed E-state index contributed by atoms with van der Waals surface area (Å²) in [5.41, 5.74) is 9.13. The highest BCUT2D eigenvalue weighted by molar-refractivity contribution is 5.72. The van der Waals surface area contributed by atoms with Gasteiger partial charge in [0.1, 0.15) is 5.75 Å². The summed E-state index contributed by atoms with van der Waals surface area (Å²) < 4.78 is 7.31. The van der Waals surface area contributed by atoms with Gasteiger partial charge in [-0.15, -0.1) is 10.2 Å². The molecule has 0 aliphatic carbocycles. The quantitative estimate of drug-likeness (QED) is 0.762. The van der Waals surface area contributed by atoms with Gasteiger partial charge >= 0.3 is 0 Å². The monoisotopic (exact) mass is 254 g/mol. The van der Waals surface area contributed by atoms with Gasteiger partial charge in [-0.3, -0.25) is 4.40 Å². The molecule has 5 nitrogen and oxygen atoms in total. The summed E-state index contributed by atoms with van der Waals surface area (Å²) in [7, 11) is 1.64. The van der Waals surface area contributed by atoms with E-state index in [1.54, 1.807) is 7.11 Å². The van der Waals surface area contributed by atoms with Gasteiger partial charge in [-0.25, -0.2) is 0 Å². The minimum Gasteiger partial charge on any atom is -0.496 e. The zero-order chi connectivity index (χ0) is 13.4. The van der Waals surface area contributed by atoms with Gasteiger partial charge in [0, 0.05) is 5.69 Å². The van der Waals surface area contributed by atoms with E-state index in [2.05, 4.69) is 10.2 Å². The van der Waals surface area contributed by atoms with Crippen LogP contribution in [-0.4, -0.2) is 21.7 Å². The first kappa shape index (κ1) is 11.5. The zero-order valence-corrected chi connectivity index (χ0v) is 10.8. The molecule has 0 unspecified atom stereocenters. The third-order valence-electron chi connectivity index (χ3n) is 3.13. The van der Waals surface area contributed by atoms with Gasteiger partial charge in [-0.1, -0.05) is 12.1 Å². The summed E-state index contributed by atoms with van der Waals surface area (Å²) in [4.78, 5) is 0. The molecule has 5 heteroatoms. The number of rotatable bonds is 2. The van der Waals surface area contributed by atoms with Gasteiger partial charge in [0.05, 0.1) is 18.4 Å². The molecular weight excluding hydrogens is 240 g/mol. The lowest BCUT2D eigenvalue weighted by molar-refractivity contribution is 0.416. The van der Waals surface area contributed by atoms with Crippen LogP contribution in [0.4, 0.5) is 5.69 Å². The Morgan fingerprint density at radius 1 is 1.11 bits per heavy atom. The number of fused-ring (bicyclic) bond motifs is 1. The predicted molar refractivity (Wildman–Crippen MR) is 74.1 cm³/mol. The van der Waals surface area contributed by atoms with Gasteiger partial charge in [0.2, 0.25) is 0 Å². The number of benzene rings is 1. The van der Waals surface area contributed by atoms with E-state index >= 15 is 0 Å². The van der Waals surface area contributed by atoms with Crippen LogP contribution in [0.5, 0.6) is 5.75 Å². The van der Waals surface area contributed by atoms with Gasteiger partial charge in [-0.2, -0.15) is 0 Å². The Morgan fingerprint density at radius 2 is 1.89 bits per heavy atom. The molecule has 2 heterocycles. The van der Waals surface area contributed by atoms with Crippen molar-refractivity contribution >= 4 is 11.3 Å². The fourth-order valence-electron chi connectivity index (χ4n) is 2.17. The maximum Gasteiger partial charge on any atom is 0.184 e. The van der Waals surface area contributed by atoms with Crippen molar-refractivity contribution in [3.63, 3.8) is 0 Å². The van der Waals surface area contributed by atoms with E-state index in [-0.39, 0.29) is 0 Å². The number of nitrogen functional groups attached to an aromatic ring is 1. The van der Waals surface area contributed by atoms with Crippen LogP contribution in [0.2, 0.25) is 0 Å². The number of pyridine rings is 1. The van der Waals surface area contributed by atoms with Crippen molar-refractivity contribution in [1.82, 2.24) is 14.6 Å². The van der Waals surface area contributed by atoms with E-state index in [1.807, 2.05) is 47.7 Å². The maximum absolute atomic E-state index is 5.93. The molecule has 3 rings (SSSR count). The largest absolute Gasteiger partial charge is 0.496 e.